The third-order valence-corrected chi connectivity index (χ3v) is 3.11. The molecule has 0 bridgehead atoms. The number of nitrogen functional groups attached to an aromatic ring is 1. The highest BCUT2D eigenvalue weighted by molar-refractivity contribution is 7.97. The van der Waals surface area contributed by atoms with E-state index in [2.05, 4.69) is 0 Å². The monoisotopic (exact) mass is 202 g/mol. The molecule has 12 heavy (non-hydrogen) atoms. The van der Waals surface area contributed by atoms with E-state index in [0.29, 0.717) is 10.6 Å². The summed E-state index contributed by atoms with van der Waals surface area (Å²) in [7, 11) is 0. The first-order valence-electron chi connectivity index (χ1n) is 3.32. The van der Waals surface area contributed by atoms with Gasteiger partial charge in [0.05, 0.1) is 10.6 Å². The standard InChI is InChI=1S/C7H10N2OS2/c1-11-3-4-2-5(6(8)10)7(9)12-4/h2H,3,9H2,1H3,(H2,8,10). The van der Waals surface area contributed by atoms with Crippen LogP contribution in [0.1, 0.15) is 15.2 Å². The molecule has 0 atom stereocenters. The van der Waals surface area contributed by atoms with Gasteiger partial charge in [0.2, 0.25) is 0 Å². The summed E-state index contributed by atoms with van der Waals surface area (Å²) < 4.78 is 0. The van der Waals surface area contributed by atoms with Gasteiger partial charge in [-0.2, -0.15) is 11.8 Å². The van der Waals surface area contributed by atoms with Crippen LogP contribution in [0.25, 0.3) is 0 Å². The molecule has 0 aliphatic rings. The third kappa shape index (κ3) is 1.92. The molecule has 0 unspecified atom stereocenters. The molecule has 66 valence electrons. The molecule has 0 radical (unpaired) electrons. The Labute approximate surface area is 79.1 Å². The number of carbonyl (C=O) groups excluding carboxylic acids is 1. The average molecular weight is 202 g/mol. The molecule has 4 N–H and O–H groups in total. The van der Waals surface area contributed by atoms with Gasteiger partial charge < -0.3 is 11.5 Å². The molecule has 0 aliphatic carbocycles. The lowest BCUT2D eigenvalue weighted by Gasteiger charge is -1.88. The molecule has 5 heteroatoms. The molecule has 0 saturated carbocycles. The highest BCUT2D eigenvalue weighted by atomic mass is 32.2. The van der Waals surface area contributed by atoms with Gasteiger partial charge in [-0.05, 0) is 12.3 Å². The van der Waals surface area contributed by atoms with Gasteiger partial charge in [-0.3, -0.25) is 4.79 Å². The third-order valence-electron chi connectivity index (χ3n) is 1.36. The van der Waals surface area contributed by atoms with E-state index in [-0.39, 0.29) is 0 Å². The van der Waals surface area contributed by atoms with Crippen molar-refractivity contribution in [1.82, 2.24) is 0 Å². The molecule has 0 spiro atoms. The van der Waals surface area contributed by atoms with Crippen LogP contribution in [0.2, 0.25) is 0 Å². The summed E-state index contributed by atoms with van der Waals surface area (Å²) >= 11 is 3.11. The Morgan fingerprint density at radius 2 is 2.42 bits per heavy atom. The average Bonchev–Trinajstić information content (AvgIpc) is 2.32. The van der Waals surface area contributed by atoms with Crippen LogP contribution in [0.3, 0.4) is 0 Å². The van der Waals surface area contributed by atoms with Crippen LogP contribution in [0.15, 0.2) is 6.07 Å². The first kappa shape index (κ1) is 9.41. The lowest BCUT2D eigenvalue weighted by Crippen LogP contribution is -2.11. The molecule has 1 rings (SSSR count). The zero-order valence-electron chi connectivity index (χ0n) is 6.66. The van der Waals surface area contributed by atoms with E-state index < -0.39 is 5.91 Å². The molecular weight excluding hydrogens is 192 g/mol. The molecule has 0 aromatic carbocycles. The van der Waals surface area contributed by atoms with E-state index in [4.69, 9.17) is 11.5 Å². The number of amides is 1. The fourth-order valence-electron chi connectivity index (χ4n) is 0.864. The maximum Gasteiger partial charge on any atom is 0.251 e. The fraction of sp³-hybridized carbons (Fsp3) is 0.286. The fourth-order valence-corrected chi connectivity index (χ4v) is 2.55. The van der Waals surface area contributed by atoms with Crippen LogP contribution in [-0.2, 0) is 5.75 Å². The van der Waals surface area contributed by atoms with Crippen LogP contribution >= 0.6 is 23.1 Å². The Morgan fingerprint density at radius 3 is 2.83 bits per heavy atom. The Kier molecular flexibility index (Phi) is 2.99. The van der Waals surface area contributed by atoms with Gasteiger partial charge in [0.1, 0.15) is 0 Å². The number of hydrogen-bond donors (Lipinski definition) is 2. The second kappa shape index (κ2) is 3.82. The minimum Gasteiger partial charge on any atom is -0.390 e. The van der Waals surface area contributed by atoms with Crippen molar-refractivity contribution in [3.8, 4) is 0 Å². The summed E-state index contributed by atoms with van der Waals surface area (Å²) in [5.74, 6) is 0.429. The zero-order valence-corrected chi connectivity index (χ0v) is 8.30. The molecule has 0 aliphatic heterocycles. The lowest BCUT2D eigenvalue weighted by atomic mass is 10.3. The van der Waals surface area contributed by atoms with Crippen LogP contribution in [0, 0.1) is 0 Å². The molecule has 1 aromatic heterocycles. The predicted molar refractivity (Wildman–Crippen MR) is 54.5 cm³/mol. The Hall–Kier alpha value is -0.680. The van der Waals surface area contributed by atoms with Crippen LogP contribution < -0.4 is 11.5 Å². The van der Waals surface area contributed by atoms with Crippen molar-refractivity contribution in [1.29, 1.82) is 0 Å². The summed E-state index contributed by atoms with van der Waals surface area (Å²) in [6, 6.07) is 1.76. The molecular formula is C7H10N2OS2. The Morgan fingerprint density at radius 1 is 1.75 bits per heavy atom. The van der Waals surface area contributed by atoms with Gasteiger partial charge >= 0.3 is 0 Å². The van der Waals surface area contributed by atoms with E-state index in [0.717, 1.165) is 10.6 Å². The summed E-state index contributed by atoms with van der Waals surface area (Å²) in [6.07, 6.45) is 2.00. The van der Waals surface area contributed by atoms with Gasteiger partial charge in [0, 0.05) is 10.6 Å². The van der Waals surface area contributed by atoms with Crippen molar-refractivity contribution in [2.24, 2.45) is 5.73 Å². The summed E-state index contributed by atoms with van der Waals surface area (Å²) in [5, 5.41) is 0.520. The minimum atomic E-state index is -0.448. The van der Waals surface area contributed by atoms with E-state index in [1.165, 1.54) is 11.3 Å². The van der Waals surface area contributed by atoms with Gasteiger partial charge in [0.25, 0.3) is 5.91 Å². The zero-order chi connectivity index (χ0) is 9.14. The summed E-state index contributed by atoms with van der Waals surface area (Å²) in [6.45, 7) is 0. The normalized spacial score (nSPS) is 10.1. The number of rotatable bonds is 3. The minimum absolute atomic E-state index is 0.448. The SMILES string of the molecule is CSCc1cc(C(N)=O)c(N)s1. The number of nitrogens with two attached hydrogens (primary N) is 2. The van der Waals surface area contributed by atoms with Gasteiger partial charge in [-0.15, -0.1) is 11.3 Å². The maximum atomic E-state index is 10.8. The summed E-state index contributed by atoms with van der Waals surface area (Å²) in [5.41, 5.74) is 11.1. The smallest absolute Gasteiger partial charge is 0.251 e. The van der Waals surface area contributed by atoms with Crippen molar-refractivity contribution < 1.29 is 4.79 Å². The number of hydrogen-bond acceptors (Lipinski definition) is 4. The van der Waals surface area contributed by atoms with Crippen molar-refractivity contribution in [3.05, 3.63) is 16.5 Å². The largest absolute Gasteiger partial charge is 0.390 e. The van der Waals surface area contributed by atoms with Crippen molar-refractivity contribution in [3.63, 3.8) is 0 Å². The van der Waals surface area contributed by atoms with E-state index in [1.54, 1.807) is 17.8 Å². The molecule has 3 nitrogen and oxygen atoms in total. The number of anilines is 1. The predicted octanol–water partition coefficient (Wildman–Crippen LogP) is 1.29. The van der Waals surface area contributed by atoms with Gasteiger partial charge in [0.15, 0.2) is 0 Å². The van der Waals surface area contributed by atoms with Gasteiger partial charge in [-0.1, -0.05) is 0 Å². The van der Waals surface area contributed by atoms with E-state index in [1.807, 2.05) is 6.26 Å². The molecule has 1 heterocycles. The Balaban J connectivity index is 2.92. The first-order chi connectivity index (χ1) is 5.65. The van der Waals surface area contributed by atoms with Crippen molar-refractivity contribution in [2.45, 2.75) is 5.75 Å². The first-order valence-corrected chi connectivity index (χ1v) is 5.53. The highest BCUT2D eigenvalue weighted by Gasteiger charge is 2.09. The number of primary amides is 1. The Bertz CT molecular complexity index is 296. The lowest BCUT2D eigenvalue weighted by molar-refractivity contribution is 0.100. The maximum absolute atomic E-state index is 10.8. The topological polar surface area (TPSA) is 69.1 Å². The highest BCUT2D eigenvalue weighted by Crippen LogP contribution is 2.26. The number of thioether (sulfide) groups is 1. The number of carbonyl (C=O) groups is 1. The van der Waals surface area contributed by atoms with E-state index in [9.17, 15) is 4.79 Å². The van der Waals surface area contributed by atoms with Gasteiger partial charge in [-0.25, -0.2) is 0 Å². The van der Waals surface area contributed by atoms with Crippen LogP contribution in [0.4, 0.5) is 5.00 Å². The van der Waals surface area contributed by atoms with E-state index >= 15 is 0 Å². The second-order valence-electron chi connectivity index (χ2n) is 2.29. The number of thiophene rings is 1. The van der Waals surface area contributed by atoms with Crippen molar-refractivity contribution >= 4 is 34.0 Å². The quantitative estimate of drug-likeness (QED) is 0.776. The van der Waals surface area contributed by atoms with Crippen LogP contribution in [-0.4, -0.2) is 12.2 Å². The summed E-state index contributed by atoms with van der Waals surface area (Å²) in [4.78, 5) is 11.9. The molecule has 1 amide bonds. The van der Waals surface area contributed by atoms with Crippen LogP contribution in [0.5, 0.6) is 0 Å². The molecule has 0 saturated heterocycles. The molecule has 0 fully saturated rings. The molecule has 1 aromatic rings. The van der Waals surface area contributed by atoms with Crippen molar-refractivity contribution in [2.75, 3.05) is 12.0 Å². The second-order valence-corrected chi connectivity index (χ2v) is 4.32.